The fourth-order valence-electron chi connectivity index (χ4n) is 1.65. The van der Waals surface area contributed by atoms with E-state index in [2.05, 4.69) is 14.7 Å². The fourth-order valence-corrected chi connectivity index (χ4v) is 1.65. The smallest absolute Gasteiger partial charge is 0.337 e. The summed E-state index contributed by atoms with van der Waals surface area (Å²) < 4.78 is 4.37. The third-order valence-corrected chi connectivity index (χ3v) is 2.54. The zero-order valence-electron chi connectivity index (χ0n) is 9.12. The van der Waals surface area contributed by atoms with Crippen LogP contribution in [0.1, 0.15) is 11.7 Å². The van der Waals surface area contributed by atoms with Gasteiger partial charge in [-0.3, -0.25) is 0 Å². The quantitative estimate of drug-likeness (QED) is 0.658. The van der Waals surface area contributed by atoms with Crippen LogP contribution in [0.25, 0.3) is 11.0 Å². The van der Waals surface area contributed by atoms with Crippen LogP contribution in [0.2, 0.25) is 0 Å². The minimum Gasteiger partial charge on any atom is -0.467 e. The second kappa shape index (κ2) is 4.52. The summed E-state index contributed by atoms with van der Waals surface area (Å²) in [6, 6.07) is 5.08. The van der Waals surface area contributed by atoms with Crippen molar-refractivity contribution in [1.82, 2.24) is 9.97 Å². The van der Waals surface area contributed by atoms with Crippen LogP contribution in [0, 0.1) is 0 Å². The second-order valence-electron chi connectivity index (χ2n) is 3.56. The summed E-state index contributed by atoms with van der Waals surface area (Å²) in [4.78, 5) is 18.0. The summed E-state index contributed by atoms with van der Waals surface area (Å²) in [5.41, 5.74) is 1.61. The van der Waals surface area contributed by atoms with Gasteiger partial charge in [0.25, 0.3) is 0 Å². The number of aromatic nitrogens is 2. The molecule has 1 aromatic carbocycles. The summed E-state index contributed by atoms with van der Waals surface area (Å²) in [5.74, 6) is -0.884. The lowest BCUT2D eigenvalue weighted by atomic mass is 10.0. The molecule has 0 aliphatic heterocycles. The van der Waals surface area contributed by atoms with Gasteiger partial charge >= 0.3 is 5.97 Å². The Morgan fingerprint density at radius 3 is 2.94 bits per heavy atom. The number of ether oxygens (including phenoxy) is 1. The average molecular weight is 236 g/mol. The highest BCUT2D eigenvalue weighted by molar-refractivity contribution is 5.81. The third kappa shape index (κ3) is 2.00. The van der Waals surface area contributed by atoms with Crippen LogP contribution < -0.4 is 0 Å². The van der Waals surface area contributed by atoms with Crippen molar-refractivity contribution in [2.24, 2.45) is 0 Å². The average Bonchev–Trinajstić information content (AvgIpc) is 2.83. The van der Waals surface area contributed by atoms with Gasteiger partial charge in [0.2, 0.25) is 0 Å². The van der Waals surface area contributed by atoms with Crippen molar-refractivity contribution in [2.75, 3.05) is 7.11 Å². The standard InChI is InChI=1S/C11H12N2O4/c1-17-11(16)10(15)9(14)6-3-2-4-7-8(6)13-5-12-7/h2-5,9-10,14-15H,1H3,(H,12,13). The van der Waals surface area contributed by atoms with E-state index in [9.17, 15) is 15.0 Å². The van der Waals surface area contributed by atoms with E-state index in [0.717, 1.165) is 12.6 Å². The predicted octanol–water partition coefficient (Wildman–Crippen LogP) is 0.130. The van der Waals surface area contributed by atoms with Gasteiger partial charge < -0.3 is 19.9 Å². The first-order valence-electron chi connectivity index (χ1n) is 5.01. The lowest BCUT2D eigenvalue weighted by Crippen LogP contribution is -2.29. The Morgan fingerprint density at radius 1 is 1.47 bits per heavy atom. The summed E-state index contributed by atoms with van der Waals surface area (Å²) in [6.45, 7) is 0. The maximum Gasteiger partial charge on any atom is 0.337 e. The minimum atomic E-state index is -1.62. The minimum absolute atomic E-state index is 0.377. The van der Waals surface area contributed by atoms with Crippen LogP contribution in [0.3, 0.4) is 0 Å². The van der Waals surface area contributed by atoms with E-state index in [-0.39, 0.29) is 0 Å². The van der Waals surface area contributed by atoms with Crippen LogP contribution in [-0.4, -0.2) is 39.4 Å². The number of para-hydroxylation sites is 1. The Bertz CT molecular complexity index is 537. The Morgan fingerprint density at radius 2 is 2.24 bits per heavy atom. The number of hydrogen-bond acceptors (Lipinski definition) is 5. The molecule has 0 aliphatic carbocycles. The van der Waals surface area contributed by atoms with E-state index >= 15 is 0 Å². The summed E-state index contributed by atoms with van der Waals surface area (Å²) >= 11 is 0. The topological polar surface area (TPSA) is 95.4 Å². The summed E-state index contributed by atoms with van der Waals surface area (Å²) in [6.07, 6.45) is -1.51. The number of hydrogen-bond donors (Lipinski definition) is 3. The first kappa shape index (κ1) is 11.6. The van der Waals surface area contributed by atoms with E-state index < -0.39 is 18.2 Å². The number of carbonyl (C=O) groups excluding carboxylic acids is 1. The molecule has 2 rings (SSSR count). The molecule has 0 aliphatic rings. The number of aromatic amines is 1. The highest BCUT2D eigenvalue weighted by Gasteiger charge is 2.28. The maximum absolute atomic E-state index is 11.1. The van der Waals surface area contributed by atoms with Gasteiger partial charge in [0.1, 0.15) is 6.10 Å². The predicted molar refractivity (Wildman–Crippen MR) is 59.1 cm³/mol. The van der Waals surface area contributed by atoms with Crippen molar-refractivity contribution in [3.05, 3.63) is 30.1 Å². The lowest BCUT2D eigenvalue weighted by molar-refractivity contribution is -0.156. The molecule has 0 fully saturated rings. The van der Waals surface area contributed by atoms with Crippen LogP contribution in [0.15, 0.2) is 24.5 Å². The number of methoxy groups -OCH3 is 1. The number of aliphatic hydroxyl groups excluding tert-OH is 2. The molecule has 3 N–H and O–H groups in total. The SMILES string of the molecule is COC(=O)C(O)C(O)c1cccc2[nH]cnc12. The second-order valence-corrected chi connectivity index (χ2v) is 3.56. The van der Waals surface area contributed by atoms with Crippen LogP contribution in [-0.2, 0) is 9.53 Å². The molecule has 2 atom stereocenters. The number of nitrogens with one attached hydrogen (secondary N) is 1. The molecular weight excluding hydrogens is 224 g/mol. The van der Waals surface area contributed by atoms with E-state index in [1.54, 1.807) is 18.2 Å². The van der Waals surface area contributed by atoms with Gasteiger partial charge in [0, 0.05) is 5.56 Å². The molecule has 6 heteroatoms. The molecule has 0 bridgehead atoms. The number of fused-ring (bicyclic) bond motifs is 1. The normalized spacial score (nSPS) is 14.5. The van der Waals surface area contributed by atoms with Crippen LogP contribution >= 0.6 is 0 Å². The number of benzene rings is 1. The number of H-pyrrole nitrogens is 1. The van der Waals surface area contributed by atoms with E-state index in [0.29, 0.717) is 11.1 Å². The molecule has 0 saturated carbocycles. The van der Waals surface area contributed by atoms with Gasteiger partial charge in [0.15, 0.2) is 6.10 Å². The maximum atomic E-state index is 11.1. The highest BCUT2D eigenvalue weighted by Crippen LogP contribution is 2.24. The molecule has 2 aromatic rings. The number of imidazole rings is 1. The van der Waals surface area contributed by atoms with Gasteiger partial charge in [-0.2, -0.15) is 0 Å². The van der Waals surface area contributed by atoms with Gasteiger partial charge in [-0.25, -0.2) is 9.78 Å². The van der Waals surface area contributed by atoms with Crippen LogP contribution in [0.4, 0.5) is 0 Å². The van der Waals surface area contributed by atoms with Crippen molar-refractivity contribution in [3.63, 3.8) is 0 Å². The molecule has 0 amide bonds. The summed E-state index contributed by atoms with van der Waals surface area (Å²) in [5, 5.41) is 19.5. The number of aliphatic hydroxyl groups is 2. The van der Waals surface area contributed by atoms with Crippen molar-refractivity contribution in [2.45, 2.75) is 12.2 Å². The van der Waals surface area contributed by atoms with Crippen molar-refractivity contribution >= 4 is 17.0 Å². The zero-order valence-corrected chi connectivity index (χ0v) is 9.12. The first-order chi connectivity index (χ1) is 8.15. The molecule has 0 radical (unpaired) electrons. The van der Waals surface area contributed by atoms with Gasteiger partial charge in [0.05, 0.1) is 24.5 Å². The van der Waals surface area contributed by atoms with Gasteiger partial charge in [-0.05, 0) is 6.07 Å². The Kier molecular flexibility index (Phi) is 3.08. The van der Waals surface area contributed by atoms with E-state index in [1.807, 2.05) is 0 Å². The first-order valence-corrected chi connectivity index (χ1v) is 5.01. The molecule has 6 nitrogen and oxygen atoms in total. The van der Waals surface area contributed by atoms with E-state index in [1.165, 1.54) is 6.33 Å². The largest absolute Gasteiger partial charge is 0.467 e. The zero-order chi connectivity index (χ0) is 12.4. The lowest BCUT2D eigenvalue weighted by Gasteiger charge is -2.16. The Labute approximate surface area is 96.9 Å². The van der Waals surface area contributed by atoms with Crippen molar-refractivity contribution in [1.29, 1.82) is 0 Å². The third-order valence-electron chi connectivity index (χ3n) is 2.54. The van der Waals surface area contributed by atoms with Gasteiger partial charge in [-0.15, -0.1) is 0 Å². The molecule has 17 heavy (non-hydrogen) atoms. The molecule has 1 aromatic heterocycles. The molecule has 0 saturated heterocycles. The number of esters is 1. The Hall–Kier alpha value is -1.92. The highest BCUT2D eigenvalue weighted by atomic mass is 16.5. The van der Waals surface area contributed by atoms with E-state index in [4.69, 9.17) is 0 Å². The molecule has 1 heterocycles. The van der Waals surface area contributed by atoms with Crippen molar-refractivity contribution < 1.29 is 19.7 Å². The van der Waals surface area contributed by atoms with Crippen LogP contribution in [0.5, 0.6) is 0 Å². The Balaban J connectivity index is 2.39. The molecular formula is C11H12N2O4. The monoisotopic (exact) mass is 236 g/mol. The van der Waals surface area contributed by atoms with Gasteiger partial charge in [-0.1, -0.05) is 12.1 Å². The number of nitrogens with zero attached hydrogens (tertiary/aromatic N) is 1. The number of carbonyl (C=O) groups is 1. The summed E-state index contributed by atoms with van der Waals surface area (Å²) in [7, 11) is 1.15. The molecule has 2 unspecified atom stereocenters. The molecule has 0 spiro atoms. The number of rotatable bonds is 3. The molecule has 90 valence electrons. The fraction of sp³-hybridized carbons (Fsp3) is 0.273. The van der Waals surface area contributed by atoms with Crippen molar-refractivity contribution in [3.8, 4) is 0 Å².